The summed E-state index contributed by atoms with van der Waals surface area (Å²) in [5.41, 5.74) is 2.45. The van der Waals surface area contributed by atoms with Gasteiger partial charge in [0.1, 0.15) is 40.9 Å². The Hall–Kier alpha value is -6.86. The zero-order valence-corrected chi connectivity index (χ0v) is 30.6. The lowest BCUT2D eigenvalue weighted by Crippen LogP contribution is -2.53. The number of benzene rings is 6. The number of aromatic hydroxyl groups is 1. The fourth-order valence-corrected chi connectivity index (χ4v) is 6.64. The first-order valence-corrected chi connectivity index (χ1v) is 17.9. The molecule has 0 radical (unpaired) electrons. The number of phenols is 1. The van der Waals surface area contributed by atoms with Gasteiger partial charge in [0.2, 0.25) is 0 Å². The summed E-state index contributed by atoms with van der Waals surface area (Å²) in [6.07, 6.45) is -4.34. The molecule has 0 fully saturated rings. The van der Waals surface area contributed by atoms with Crippen molar-refractivity contribution in [2.24, 2.45) is 0 Å². The van der Waals surface area contributed by atoms with Crippen molar-refractivity contribution < 1.29 is 42.1 Å². The molecule has 7 rings (SSSR count). The number of phenolic OH excluding ortho intramolecular Hbond substituents is 1. The molecule has 0 aliphatic rings. The molecule has 290 valence electrons. The molecule has 1 aromatic heterocycles. The van der Waals surface area contributed by atoms with Crippen molar-refractivity contribution in [3.8, 4) is 17.2 Å². The van der Waals surface area contributed by atoms with Crippen LogP contribution in [0.25, 0.3) is 11.0 Å². The average molecular weight is 775 g/mol. The van der Waals surface area contributed by atoms with Crippen LogP contribution in [0, 0.1) is 0 Å². The number of carbonyl (C=O) groups excluding carboxylic acids is 1. The van der Waals surface area contributed by atoms with Crippen molar-refractivity contribution in [1.29, 1.82) is 0 Å². The molecule has 7 aromatic rings. The van der Waals surface area contributed by atoms with Crippen LogP contribution in [-0.4, -0.2) is 46.2 Å². The number of nitrogens with zero attached hydrogens (tertiary/aromatic N) is 3. The number of aromatic nitrogens is 3. The van der Waals surface area contributed by atoms with Gasteiger partial charge in [0.25, 0.3) is 6.79 Å². The third-order valence-corrected chi connectivity index (χ3v) is 9.44. The van der Waals surface area contributed by atoms with Crippen LogP contribution >= 0.6 is 0 Å². The minimum absolute atomic E-state index is 0.0187. The molecule has 13 heteroatoms. The van der Waals surface area contributed by atoms with Crippen LogP contribution in [0.4, 0.5) is 13.2 Å². The smallest absolute Gasteiger partial charge is 0.416 e. The highest BCUT2D eigenvalue weighted by atomic mass is 19.4. The molecule has 6 aromatic carbocycles. The fraction of sp³-hybridized carbons (Fsp3) is 0.159. The van der Waals surface area contributed by atoms with E-state index >= 15 is 0 Å². The monoisotopic (exact) mass is 774 g/mol. The molecule has 1 heterocycles. The van der Waals surface area contributed by atoms with E-state index in [1.165, 1.54) is 25.3 Å². The van der Waals surface area contributed by atoms with Crippen LogP contribution in [0.3, 0.4) is 0 Å². The third-order valence-electron chi connectivity index (χ3n) is 9.44. The number of rotatable bonds is 15. The second-order valence-corrected chi connectivity index (χ2v) is 13.1. The molecule has 57 heavy (non-hydrogen) atoms. The third kappa shape index (κ3) is 8.68. The Morgan fingerprint density at radius 2 is 1.39 bits per heavy atom. The van der Waals surface area contributed by atoms with Gasteiger partial charge in [0.15, 0.2) is 0 Å². The lowest BCUT2D eigenvalue weighted by molar-refractivity contribution is -0.148. The van der Waals surface area contributed by atoms with E-state index in [0.717, 1.165) is 39.2 Å². The number of hydrogen-bond acceptors (Lipinski definition) is 9. The Morgan fingerprint density at radius 3 is 1.96 bits per heavy atom. The summed E-state index contributed by atoms with van der Waals surface area (Å²) in [4.78, 5) is 20.7. The zero-order valence-electron chi connectivity index (χ0n) is 30.6. The quantitative estimate of drug-likeness (QED) is 0.0610. The summed E-state index contributed by atoms with van der Waals surface area (Å²) in [5.74, 6) is 0.269. The Morgan fingerprint density at radius 1 is 0.772 bits per heavy atom. The minimum atomic E-state index is -4.54. The van der Waals surface area contributed by atoms with Gasteiger partial charge in [-0.3, -0.25) is 10.1 Å². The number of alkyl halides is 3. The molecule has 0 aliphatic carbocycles. The first kappa shape index (κ1) is 38.4. The number of esters is 1. The van der Waals surface area contributed by atoms with E-state index in [-0.39, 0.29) is 36.6 Å². The van der Waals surface area contributed by atoms with Gasteiger partial charge in [-0.1, -0.05) is 108 Å². The lowest BCUT2D eigenvalue weighted by Gasteiger charge is -2.39. The average Bonchev–Trinajstić information content (AvgIpc) is 3.65. The van der Waals surface area contributed by atoms with Crippen molar-refractivity contribution in [3.63, 3.8) is 0 Å². The SMILES string of the molecule is COc1cc(O)ccc1COC(=O)[C@@H](Cc1ccc(OCOn2nnc3ccc(C(F)(F)F)cc32)cc1)NC(c1ccccc1)(c1ccccc1)c1ccccc1. The molecule has 1 atom stereocenters. The molecule has 2 N–H and O–H groups in total. The van der Waals surface area contributed by atoms with Gasteiger partial charge in [-0.15, -0.1) is 5.10 Å². The summed E-state index contributed by atoms with van der Waals surface area (Å²) < 4.78 is 57.0. The van der Waals surface area contributed by atoms with E-state index in [0.29, 0.717) is 17.1 Å². The highest BCUT2D eigenvalue weighted by Gasteiger charge is 2.40. The van der Waals surface area contributed by atoms with Gasteiger partial charge in [0, 0.05) is 11.6 Å². The maximum atomic E-state index is 14.4. The normalized spacial score (nSPS) is 12.2. The van der Waals surface area contributed by atoms with Crippen molar-refractivity contribution in [2.45, 2.75) is 30.8 Å². The summed E-state index contributed by atoms with van der Waals surface area (Å²) >= 11 is 0. The Bertz CT molecular complexity index is 2310. The van der Waals surface area contributed by atoms with E-state index in [4.69, 9.17) is 19.0 Å². The maximum absolute atomic E-state index is 14.4. The van der Waals surface area contributed by atoms with Crippen molar-refractivity contribution >= 4 is 17.0 Å². The fourth-order valence-electron chi connectivity index (χ4n) is 6.64. The van der Waals surface area contributed by atoms with Crippen LogP contribution in [-0.2, 0) is 34.3 Å². The van der Waals surface area contributed by atoms with Gasteiger partial charge in [-0.25, -0.2) is 0 Å². The molecule has 0 saturated heterocycles. The van der Waals surface area contributed by atoms with Crippen LogP contribution in [0.15, 0.2) is 152 Å². The Balaban J connectivity index is 1.16. The van der Waals surface area contributed by atoms with E-state index < -0.39 is 29.3 Å². The second-order valence-electron chi connectivity index (χ2n) is 13.1. The summed E-state index contributed by atoms with van der Waals surface area (Å²) in [6.45, 7) is -0.486. The number of fused-ring (bicyclic) bond motifs is 1. The molecule has 0 amide bonds. The van der Waals surface area contributed by atoms with E-state index in [9.17, 15) is 23.1 Å². The number of hydrogen-bond donors (Lipinski definition) is 2. The van der Waals surface area contributed by atoms with Crippen molar-refractivity contribution in [1.82, 2.24) is 20.5 Å². The first-order valence-electron chi connectivity index (χ1n) is 17.9. The van der Waals surface area contributed by atoms with Crippen LogP contribution in [0.2, 0.25) is 0 Å². The topological polar surface area (TPSA) is 117 Å². The second kappa shape index (κ2) is 16.9. The lowest BCUT2D eigenvalue weighted by atomic mass is 9.76. The van der Waals surface area contributed by atoms with Crippen molar-refractivity contribution in [2.75, 3.05) is 13.9 Å². The molecule has 10 nitrogen and oxygen atoms in total. The van der Waals surface area contributed by atoms with Gasteiger partial charge in [-0.2, -0.15) is 13.2 Å². The number of carbonyl (C=O) groups is 1. The number of halogens is 3. The Kier molecular flexibility index (Phi) is 11.4. The molecular weight excluding hydrogens is 737 g/mol. The van der Waals surface area contributed by atoms with Gasteiger partial charge < -0.3 is 24.2 Å². The van der Waals surface area contributed by atoms with Crippen molar-refractivity contribution in [3.05, 3.63) is 185 Å². The maximum Gasteiger partial charge on any atom is 0.416 e. The predicted molar refractivity (Wildman–Crippen MR) is 205 cm³/mol. The molecule has 0 spiro atoms. The van der Waals surface area contributed by atoms with E-state index in [1.807, 2.05) is 91.0 Å². The molecule has 0 aliphatic heterocycles. The predicted octanol–water partition coefficient (Wildman–Crippen LogP) is 7.87. The molecular formula is C44H37F3N4O6. The van der Waals surface area contributed by atoms with Crippen LogP contribution < -0.4 is 19.6 Å². The molecule has 0 unspecified atom stereocenters. The highest BCUT2D eigenvalue weighted by Crippen LogP contribution is 2.38. The molecule has 0 saturated carbocycles. The number of nitrogens with one attached hydrogen (secondary N) is 1. The highest BCUT2D eigenvalue weighted by molar-refractivity contribution is 5.77. The van der Waals surface area contributed by atoms with Gasteiger partial charge in [-0.05, 0) is 76.4 Å². The molecule has 0 bridgehead atoms. The van der Waals surface area contributed by atoms with E-state index in [2.05, 4.69) is 15.6 Å². The first-order chi connectivity index (χ1) is 27.6. The number of ether oxygens (including phenoxy) is 3. The summed E-state index contributed by atoms with van der Waals surface area (Å²) in [6, 6.07) is 43.4. The standard InChI is InChI=1S/C44H37F3N4O6/c1-54-41-27-36(52)21-19-31(41)28-55-42(53)39(48-43(32-11-5-2-6-12-32,33-13-7-3-8-14-33)34-15-9-4-10-16-34)25-30-17-22-37(23-18-30)56-29-57-51-40-26-35(44(45,46)47)20-24-38(40)49-50-51/h2-24,26-27,39,48,52H,25,28-29H2,1H3/t39-/m1/s1. The van der Waals surface area contributed by atoms with Crippen LogP contribution in [0.5, 0.6) is 17.2 Å². The number of methoxy groups -OCH3 is 1. The minimum Gasteiger partial charge on any atom is -0.508 e. The van der Waals surface area contributed by atoms with Gasteiger partial charge in [0.05, 0.1) is 18.2 Å². The van der Waals surface area contributed by atoms with Gasteiger partial charge >= 0.3 is 12.1 Å². The van der Waals surface area contributed by atoms with Crippen LogP contribution in [0.1, 0.15) is 33.4 Å². The zero-order chi connectivity index (χ0) is 39.8. The summed E-state index contributed by atoms with van der Waals surface area (Å²) in [5, 5.41) is 21.4. The largest absolute Gasteiger partial charge is 0.508 e. The Labute approximate surface area is 326 Å². The van der Waals surface area contributed by atoms with E-state index in [1.54, 1.807) is 30.3 Å². The summed E-state index contributed by atoms with van der Waals surface area (Å²) in [7, 11) is 1.47.